The van der Waals surface area contributed by atoms with Crippen LogP contribution in [0, 0.1) is 0 Å². The number of rotatable bonds is 2. The lowest BCUT2D eigenvalue weighted by Gasteiger charge is -2.41. The molecule has 1 N–H and O–H groups in total. The minimum absolute atomic E-state index is 0.0527. The molecule has 1 unspecified atom stereocenters. The molecule has 0 saturated carbocycles. The van der Waals surface area contributed by atoms with Crippen LogP contribution in [-0.4, -0.2) is 39.3 Å². The van der Waals surface area contributed by atoms with Crippen LogP contribution in [0.4, 0.5) is 5.69 Å². The Bertz CT molecular complexity index is 1090. The summed E-state index contributed by atoms with van der Waals surface area (Å²) in [5.41, 5.74) is 4.66. The smallest absolute Gasteiger partial charge is 0.104 e. The van der Waals surface area contributed by atoms with E-state index in [2.05, 4.69) is 69.1 Å². The summed E-state index contributed by atoms with van der Waals surface area (Å²) in [6.07, 6.45) is 7.42. The number of aromatic nitrogens is 2. The van der Waals surface area contributed by atoms with Crippen LogP contribution >= 0.6 is 11.6 Å². The van der Waals surface area contributed by atoms with Crippen molar-refractivity contribution in [1.82, 2.24) is 14.0 Å². The molecular weight excluding hydrogens is 396 g/mol. The zero-order chi connectivity index (χ0) is 20.3. The van der Waals surface area contributed by atoms with Gasteiger partial charge in [0.15, 0.2) is 0 Å². The van der Waals surface area contributed by atoms with Crippen LogP contribution < -0.4 is 5.32 Å². The first-order valence-electron chi connectivity index (χ1n) is 10.8. The van der Waals surface area contributed by atoms with Crippen molar-refractivity contribution >= 4 is 17.3 Å². The van der Waals surface area contributed by atoms with Crippen LogP contribution in [0.1, 0.15) is 30.7 Å². The molecule has 2 spiro atoms. The van der Waals surface area contributed by atoms with E-state index < -0.39 is 0 Å². The third-order valence-corrected chi connectivity index (χ3v) is 7.52. The highest BCUT2D eigenvalue weighted by Gasteiger charge is 2.53. The van der Waals surface area contributed by atoms with Crippen molar-refractivity contribution in [2.24, 2.45) is 7.05 Å². The zero-order valence-electron chi connectivity index (χ0n) is 17.3. The molecule has 1 atom stereocenters. The van der Waals surface area contributed by atoms with E-state index in [0.29, 0.717) is 6.61 Å². The van der Waals surface area contributed by atoms with Crippen molar-refractivity contribution in [2.75, 3.05) is 25.0 Å². The first-order valence-corrected chi connectivity index (χ1v) is 11.2. The van der Waals surface area contributed by atoms with Crippen LogP contribution in [0.25, 0.3) is 5.69 Å². The van der Waals surface area contributed by atoms with E-state index in [4.69, 9.17) is 16.3 Å². The average molecular weight is 423 g/mol. The fraction of sp³-hybridized carbons (Fsp3) is 0.417. The molecule has 0 radical (unpaired) electrons. The molecule has 3 aromatic rings. The molecule has 0 amide bonds. The summed E-state index contributed by atoms with van der Waals surface area (Å²) in [5.74, 6) is 0. The Balaban J connectivity index is 1.23. The average Bonchev–Trinajstić information content (AvgIpc) is 3.45. The molecule has 2 saturated heterocycles. The van der Waals surface area contributed by atoms with Crippen LogP contribution in [0.2, 0.25) is 5.02 Å². The fourth-order valence-electron chi connectivity index (χ4n) is 5.62. The summed E-state index contributed by atoms with van der Waals surface area (Å²) in [6, 6.07) is 14.8. The van der Waals surface area contributed by atoms with Crippen molar-refractivity contribution in [3.63, 3.8) is 0 Å². The molecule has 2 fully saturated rings. The number of aryl methyl sites for hydroxylation is 1. The Hall–Kier alpha value is -2.21. The van der Waals surface area contributed by atoms with Gasteiger partial charge in [0.2, 0.25) is 0 Å². The predicted octanol–water partition coefficient (Wildman–Crippen LogP) is 4.55. The molecule has 2 aromatic heterocycles. The molecule has 0 aliphatic carbocycles. The van der Waals surface area contributed by atoms with E-state index in [-0.39, 0.29) is 11.1 Å². The minimum atomic E-state index is -0.193. The number of hydrogen-bond acceptors (Lipinski definition) is 3. The standard InChI is InChI=1S/C24H27ClN4O/c1-27-10-2-4-19(27)15-28-12-8-23(9-13-28)16-24(17-30-23)22-5-3-11-29(22)21-7-6-18(25)14-20(21)26-24/h2-7,10-11,14,26H,8-9,12-13,15-17H2,1H3. The van der Waals surface area contributed by atoms with Gasteiger partial charge in [-0.2, -0.15) is 0 Å². The number of anilines is 1. The number of nitrogens with one attached hydrogen (secondary N) is 1. The van der Waals surface area contributed by atoms with Crippen molar-refractivity contribution in [3.8, 4) is 5.69 Å². The SMILES string of the molecule is Cn1cccc1CN1CCC2(CC1)CC1(CO2)Nc2cc(Cl)ccc2-n2cccc21. The Labute approximate surface area is 182 Å². The molecule has 156 valence electrons. The Morgan fingerprint density at radius 2 is 1.93 bits per heavy atom. The monoisotopic (exact) mass is 422 g/mol. The quantitative estimate of drug-likeness (QED) is 0.658. The second kappa shape index (κ2) is 6.64. The van der Waals surface area contributed by atoms with Gasteiger partial charge in [0.05, 0.1) is 29.3 Å². The van der Waals surface area contributed by atoms with Gasteiger partial charge in [-0.25, -0.2) is 0 Å². The zero-order valence-corrected chi connectivity index (χ0v) is 18.0. The second-order valence-electron chi connectivity index (χ2n) is 9.17. The van der Waals surface area contributed by atoms with Gasteiger partial charge >= 0.3 is 0 Å². The van der Waals surface area contributed by atoms with E-state index in [0.717, 1.165) is 55.3 Å². The van der Waals surface area contributed by atoms with Crippen molar-refractivity contribution in [2.45, 2.75) is 36.9 Å². The Kier molecular flexibility index (Phi) is 4.11. The molecule has 3 aliphatic heterocycles. The lowest BCUT2D eigenvalue weighted by Crippen LogP contribution is -2.46. The molecule has 0 bridgehead atoms. The molecule has 30 heavy (non-hydrogen) atoms. The van der Waals surface area contributed by atoms with Crippen molar-refractivity contribution in [1.29, 1.82) is 0 Å². The number of piperidine rings is 1. The van der Waals surface area contributed by atoms with Gasteiger partial charge in [-0.3, -0.25) is 4.90 Å². The fourth-order valence-corrected chi connectivity index (χ4v) is 5.80. The van der Waals surface area contributed by atoms with E-state index in [1.807, 2.05) is 12.1 Å². The highest BCUT2D eigenvalue weighted by molar-refractivity contribution is 6.31. The normalized spacial score (nSPS) is 24.7. The number of likely N-dealkylation sites (tertiary alicyclic amines) is 1. The summed E-state index contributed by atoms with van der Waals surface area (Å²) in [6.45, 7) is 3.86. The van der Waals surface area contributed by atoms with Gasteiger partial charge < -0.3 is 19.2 Å². The maximum absolute atomic E-state index is 6.61. The molecule has 6 rings (SSSR count). The number of halogens is 1. The summed E-state index contributed by atoms with van der Waals surface area (Å²) in [4.78, 5) is 2.56. The second-order valence-corrected chi connectivity index (χ2v) is 9.60. The number of fused-ring (bicyclic) bond motifs is 4. The molecule has 6 heteroatoms. The van der Waals surface area contributed by atoms with Crippen LogP contribution in [0.15, 0.2) is 54.9 Å². The highest BCUT2D eigenvalue weighted by atomic mass is 35.5. The molecule has 3 aliphatic rings. The number of hydrogen-bond donors (Lipinski definition) is 1. The largest absolute Gasteiger partial charge is 0.372 e. The maximum Gasteiger partial charge on any atom is 0.104 e. The topological polar surface area (TPSA) is 34.4 Å². The van der Waals surface area contributed by atoms with Gasteiger partial charge in [0.25, 0.3) is 0 Å². The third kappa shape index (κ3) is 2.83. The molecule has 5 nitrogen and oxygen atoms in total. The maximum atomic E-state index is 6.61. The van der Waals surface area contributed by atoms with Crippen LogP contribution in [0.3, 0.4) is 0 Å². The van der Waals surface area contributed by atoms with Gasteiger partial charge in [-0.1, -0.05) is 11.6 Å². The molecule has 5 heterocycles. The minimum Gasteiger partial charge on any atom is -0.372 e. The molecule has 1 aromatic carbocycles. The van der Waals surface area contributed by atoms with Gasteiger partial charge in [0, 0.05) is 56.2 Å². The number of benzene rings is 1. The van der Waals surface area contributed by atoms with E-state index >= 15 is 0 Å². The Morgan fingerprint density at radius 1 is 1.10 bits per heavy atom. The summed E-state index contributed by atoms with van der Waals surface area (Å²) < 4.78 is 11.1. The van der Waals surface area contributed by atoms with Crippen molar-refractivity contribution < 1.29 is 4.74 Å². The van der Waals surface area contributed by atoms with Gasteiger partial charge in [-0.15, -0.1) is 0 Å². The summed E-state index contributed by atoms with van der Waals surface area (Å²) in [5, 5.41) is 4.59. The first kappa shape index (κ1) is 18.6. The lowest BCUT2D eigenvalue weighted by molar-refractivity contribution is -0.0454. The highest BCUT2D eigenvalue weighted by Crippen LogP contribution is 2.50. The van der Waals surface area contributed by atoms with E-state index in [1.165, 1.54) is 11.4 Å². The number of nitrogens with zero attached hydrogens (tertiary/aromatic N) is 3. The van der Waals surface area contributed by atoms with Crippen LogP contribution in [0.5, 0.6) is 0 Å². The Morgan fingerprint density at radius 3 is 2.73 bits per heavy atom. The predicted molar refractivity (Wildman–Crippen MR) is 119 cm³/mol. The van der Waals surface area contributed by atoms with E-state index in [9.17, 15) is 0 Å². The first-order chi connectivity index (χ1) is 14.6. The van der Waals surface area contributed by atoms with Crippen molar-refractivity contribution in [3.05, 3.63) is 71.3 Å². The van der Waals surface area contributed by atoms with Gasteiger partial charge in [-0.05, 0) is 55.3 Å². The van der Waals surface area contributed by atoms with Gasteiger partial charge in [0.1, 0.15) is 5.54 Å². The third-order valence-electron chi connectivity index (χ3n) is 7.28. The lowest BCUT2D eigenvalue weighted by atomic mass is 9.79. The van der Waals surface area contributed by atoms with Crippen LogP contribution in [-0.2, 0) is 23.9 Å². The number of ether oxygens (including phenoxy) is 1. The summed E-state index contributed by atoms with van der Waals surface area (Å²) in [7, 11) is 2.12. The van der Waals surface area contributed by atoms with E-state index in [1.54, 1.807) is 0 Å². The summed E-state index contributed by atoms with van der Waals surface area (Å²) >= 11 is 6.31. The molecular formula is C24H27ClN4O.